The SMILES string of the molecule is CC1CCN(CCC(=O)N2CCCC[C@H]2c2cc(C(F)(F)F)c3c(N)[nH]nc3n2)CC1. The second-order valence-electron chi connectivity index (χ2n) is 8.80. The number of halogens is 3. The Morgan fingerprint density at radius 2 is 1.97 bits per heavy atom. The molecule has 0 saturated carbocycles. The number of fused-ring (bicyclic) bond motifs is 1. The molecule has 2 aliphatic rings. The second kappa shape index (κ2) is 8.64. The molecule has 4 rings (SSSR count). The maximum absolute atomic E-state index is 13.7. The summed E-state index contributed by atoms with van der Waals surface area (Å²) in [6.45, 7) is 5.44. The van der Waals surface area contributed by atoms with Crippen molar-refractivity contribution in [2.75, 3.05) is 31.9 Å². The van der Waals surface area contributed by atoms with Crippen LogP contribution in [0.15, 0.2) is 6.07 Å². The standard InChI is InChI=1S/C21H29F3N6O/c1-13-5-9-29(10-6-13)11-7-17(31)30-8-3-2-4-16(30)15-12-14(21(22,23)24)18-19(25)27-28-20(18)26-15/h12-13,16H,2-11H2,1H3,(H3,25,26,27,28)/t16-/m0/s1. The van der Waals surface area contributed by atoms with Crippen molar-refractivity contribution in [1.29, 1.82) is 0 Å². The predicted molar refractivity (Wildman–Crippen MR) is 111 cm³/mol. The van der Waals surface area contributed by atoms with E-state index in [9.17, 15) is 18.0 Å². The Hall–Kier alpha value is -2.36. The van der Waals surface area contributed by atoms with Crippen LogP contribution in [-0.2, 0) is 11.0 Å². The molecule has 0 bridgehead atoms. The highest BCUT2D eigenvalue weighted by Crippen LogP contribution is 2.39. The third-order valence-corrected chi connectivity index (χ3v) is 6.56. The molecule has 2 aromatic rings. The van der Waals surface area contributed by atoms with E-state index >= 15 is 0 Å². The Morgan fingerprint density at radius 3 is 2.68 bits per heavy atom. The number of amides is 1. The summed E-state index contributed by atoms with van der Waals surface area (Å²) in [6, 6.07) is 0.558. The number of aromatic amines is 1. The number of piperidine rings is 2. The van der Waals surface area contributed by atoms with Gasteiger partial charge in [-0.1, -0.05) is 6.92 Å². The van der Waals surface area contributed by atoms with Crippen LogP contribution in [0.1, 0.15) is 62.7 Å². The number of nitrogens with one attached hydrogen (secondary N) is 1. The predicted octanol–water partition coefficient (Wildman–Crippen LogP) is 3.73. The van der Waals surface area contributed by atoms with Gasteiger partial charge in [-0.2, -0.15) is 18.3 Å². The number of hydrogen-bond donors (Lipinski definition) is 2. The van der Waals surface area contributed by atoms with E-state index in [1.165, 1.54) is 0 Å². The first-order valence-electron chi connectivity index (χ1n) is 11.0. The fourth-order valence-corrected chi connectivity index (χ4v) is 4.68. The van der Waals surface area contributed by atoms with Gasteiger partial charge < -0.3 is 15.5 Å². The molecule has 0 unspecified atom stereocenters. The third-order valence-electron chi connectivity index (χ3n) is 6.56. The number of nitrogen functional groups attached to an aromatic ring is 1. The normalized spacial score (nSPS) is 21.7. The van der Waals surface area contributed by atoms with Crippen molar-refractivity contribution in [1.82, 2.24) is 25.0 Å². The number of alkyl halides is 3. The number of rotatable bonds is 4. The topological polar surface area (TPSA) is 91.1 Å². The Balaban J connectivity index is 1.56. The van der Waals surface area contributed by atoms with Crippen molar-refractivity contribution >= 4 is 22.8 Å². The Bertz CT molecular complexity index is 935. The number of anilines is 1. The van der Waals surface area contributed by atoms with Crippen LogP contribution in [0, 0.1) is 5.92 Å². The monoisotopic (exact) mass is 438 g/mol. The van der Waals surface area contributed by atoms with Crippen LogP contribution >= 0.6 is 0 Å². The number of pyridine rings is 1. The average molecular weight is 438 g/mol. The van der Waals surface area contributed by atoms with E-state index in [-0.39, 0.29) is 28.5 Å². The summed E-state index contributed by atoms with van der Waals surface area (Å²) >= 11 is 0. The molecule has 2 saturated heterocycles. The van der Waals surface area contributed by atoms with Gasteiger partial charge in [-0.15, -0.1) is 0 Å². The molecule has 2 fully saturated rings. The first-order chi connectivity index (χ1) is 14.7. The zero-order valence-electron chi connectivity index (χ0n) is 17.7. The van der Waals surface area contributed by atoms with Crippen LogP contribution in [0.5, 0.6) is 0 Å². The molecule has 10 heteroatoms. The summed E-state index contributed by atoms with van der Waals surface area (Å²) in [5.74, 6) is 0.535. The van der Waals surface area contributed by atoms with Crippen molar-refractivity contribution in [3.63, 3.8) is 0 Å². The highest BCUT2D eigenvalue weighted by molar-refractivity contribution is 5.90. The van der Waals surface area contributed by atoms with Gasteiger partial charge >= 0.3 is 6.18 Å². The number of hydrogen-bond acceptors (Lipinski definition) is 5. The first-order valence-corrected chi connectivity index (χ1v) is 11.0. The molecular weight excluding hydrogens is 409 g/mol. The molecule has 2 aliphatic heterocycles. The second-order valence-corrected chi connectivity index (χ2v) is 8.80. The largest absolute Gasteiger partial charge is 0.417 e. The maximum Gasteiger partial charge on any atom is 0.417 e. The number of nitrogens with zero attached hydrogens (tertiary/aromatic N) is 4. The van der Waals surface area contributed by atoms with E-state index in [1.807, 2.05) is 0 Å². The van der Waals surface area contributed by atoms with Crippen molar-refractivity contribution in [3.05, 3.63) is 17.3 Å². The van der Waals surface area contributed by atoms with Crippen LogP contribution in [0.3, 0.4) is 0 Å². The van der Waals surface area contributed by atoms with Crippen molar-refractivity contribution in [3.8, 4) is 0 Å². The Labute approximate surface area is 179 Å². The zero-order valence-corrected chi connectivity index (χ0v) is 17.7. The van der Waals surface area contributed by atoms with Crippen molar-refractivity contribution < 1.29 is 18.0 Å². The van der Waals surface area contributed by atoms with Gasteiger partial charge in [0.15, 0.2) is 5.65 Å². The van der Waals surface area contributed by atoms with Crippen LogP contribution in [-0.4, -0.2) is 57.1 Å². The zero-order chi connectivity index (χ0) is 22.2. The van der Waals surface area contributed by atoms with E-state index < -0.39 is 17.8 Å². The molecule has 3 N–H and O–H groups in total. The summed E-state index contributed by atoms with van der Waals surface area (Å²) in [5, 5.41) is 6.02. The quantitative estimate of drug-likeness (QED) is 0.759. The molecule has 31 heavy (non-hydrogen) atoms. The summed E-state index contributed by atoms with van der Waals surface area (Å²) < 4.78 is 41.2. The van der Waals surface area contributed by atoms with Gasteiger partial charge in [0.1, 0.15) is 5.82 Å². The van der Waals surface area contributed by atoms with E-state index in [0.29, 0.717) is 25.9 Å². The van der Waals surface area contributed by atoms with Gasteiger partial charge in [0.25, 0.3) is 0 Å². The summed E-state index contributed by atoms with van der Waals surface area (Å²) in [5.41, 5.74) is 4.97. The fourth-order valence-electron chi connectivity index (χ4n) is 4.68. The van der Waals surface area contributed by atoms with Gasteiger partial charge in [0.05, 0.1) is 22.7 Å². The molecular formula is C21H29F3N6O. The highest BCUT2D eigenvalue weighted by Gasteiger charge is 2.37. The van der Waals surface area contributed by atoms with Crippen molar-refractivity contribution in [2.24, 2.45) is 5.92 Å². The molecule has 1 amide bonds. The lowest BCUT2D eigenvalue weighted by atomic mass is 9.96. The molecule has 7 nitrogen and oxygen atoms in total. The smallest absolute Gasteiger partial charge is 0.383 e. The Morgan fingerprint density at radius 1 is 1.23 bits per heavy atom. The lowest BCUT2D eigenvalue weighted by Crippen LogP contribution is -2.41. The minimum Gasteiger partial charge on any atom is -0.383 e. The van der Waals surface area contributed by atoms with Gasteiger partial charge in [-0.3, -0.25) is 9.89 Å². The van der Waals surface area contributed by atoms with Crippen LogP contribution in [0.4, 0.5) is 19.0 Å². The van der Waals surface area contributed by atoms with E-state index in [1.54, 1.807) is 4.90 Å². The number of aromatic nitrogens is 3. The number of H-pyrrole nitrogens is 1. The molecule has 2 aromatic heterocycles. The third kappa shape index (κ3) is 4.63. The molecule has 1 atom stereocenters. The number of likely N-dealkylation sites (tertiary alicyclic amines) is 2. The number of carbonyl (C=O) groups excluding carboxylic acids is 1. The molecule has 4 heterocycles. The van der Waals surface area contributed by atoms with Crippen LogP contribution in [0.2, 0.25) is 0 Å². The molecule has 170 valence electrons. The van der Waals surface area contributed by atoms with Gasteiger partial charge in [0.2, 0.25) is 5.91 Å². The lowest BCUT2D eigenvalue weighted by Gasteiger charge is -2.36. The Kier molecular flexibility index (Phi) is 6.09. The van der Waals surface area contributed by atoms with Crippen LogP contribution < -0.4 is 5.73 Å². The van der Waals surface area contributed by atoms with Gasteiger partial charge in [-0.05, 0) is 57.2 Å². The summed E-state index contributed by atoms with van der Waals surface area (Å²) in [6.07, 6.45) is 0.310. The number of carbonyl (C=O) groups is 1. The summed E-state index contributed by atoms with van der Waals surface area (Å²) in [4.78, 5) is 21.4. The lowest BCUT2D eigenvalue weighted by molar-refractivity contribution is -0.136. The molecule has 0 aliphatic carbocycles. The molecule has 0 radical (unpaired) electrons. The summed E-state index contributed by atoms with van der Waals surface area (Å²) in [7, 11) is 0. The molecule has 0 spiro atoms. The van der Waals surface area contributed by atoms with Gasteiger partial charge in [-0.25, -0.2) is 4.98 Å². The maximum atomic E-state index is 13.7. The van der Waals surface area contributed by atoms with E-state index in [4.69, 9.17) is 5.73 Å². The van der Waals surface area contributed by atoms with Gasteiger partial charge in [0, 0.05) is 19.5 Å². The minimum absolute atomic E-state index is 0.0275. The average Bonchev–Trinajstić information content (AvgIpc) is 3.12. The van der Waals surface area contributed by atoms with E-state index in [2.05, 4.69) is 27.0 Å². The number of nitrogens with two attached hydrogens (primary N) is 1. The minimum atomic E-state index is -4.59. The van der Waals surface area contributed by atoms with Crippen LogP contribution in [0.25, 0.3) is 11.0 Å². The van der Waals surface area contributed by atoms with Crippen molar-refractivity contribution in [2.45, 2.75) is 57.7 Å². The molecule has 0 aromatic carbocycles. The van der Waals surface area contributed by atoms with E-state index in [0.717, 1.165) is 50.8 Å². The fraction of sp³-hybridized carbons (Fsp3) is 0.667. The first kappa shape index (κ1) is 21.9. The highest BCUT2D eigenvalue weighted by atomic mass is 19.4.